The second-order valence-corrected chi connectivity index (χ2v) is 11.0. The van der Waals surface area contributed by atoms with Crippen LogP contribution >= 0.6 is 0 Å². The molecule has 42 heavy (non-hydrogen) atoms. The van der Waals surface area contributed by atoms with Gasteiger partial charge >= 0.3 is 5.97 Å². The van der Waals surface area contributed by atoms with Gasteiger partial charge in [0.1, 0.15) is 17.9 Å². The van der Waals surface area contributed by atoms with Crippen molar-refractivity contribution in [2.75, 3.05) is 44.3 Å². The molecule has 0 bridgehead atoms. The fraction of sp³-hybridized carbons (Fsp3) is 0.433. The van der Waals surface area contributed by atoms with E-state index in [0.29, 0.717) is 24.5 Å². The first-order valence-corrected chi connectivity index (χ1v) is 14.3. The number of fused-ring (bicyclic) bond motifs is 2. The topological polar surface area (TPSA) is 151 Å². The number of rotatable bonds is 10. The fourth-order valence-corrected chi connectivity index (χ4v) is 5.93. The van der Waals surface area contributed by atoms with Crippen molar-refractivity contribution in [2.24, 2.45) is 5.73 Å². The lowest BCUT2D eigenvalue weighted by Gasteiger charge is -2.26. The Kier molecular flexibility index (Phi) is 7.90. The number of primary amides is 1. The van der Waals surface area contributed by atoms with E-state index in [1.165, 1.54) is 10.5 Å². The highest BCUT2D eigenvalue weighted by Crippen LogP contribution is 2.31. The Morgan fingerprint density at radius 1 is 1.14 bits per heavy atom. The standard InChI is InChI=1S/C30H34N6O6/c31-28(39)26(5-6-27(37)38)36-17-21-14-22(2-3-24(21)29(36)40)42-23-7-8-34(18-23)16-19-1-4-25-20(13-19)15-32-30(33-25)35-9-11-41-12-10-35/h1-4,13-15,23,26H,5-12,16-18H2,(H2,31,39)(H,37,38)/t23-,26?/m0/s1. The largest absolute Gasteiger partial charge is 0.489 e. The van der Waals surface area contributed by atoms with Crippen LogP contribution in [0.1, 0.15) is 40.7 Å². The van der Waals surface area contributed by atoms with Gasteiger partial charge in [-0.25, -0.2) is 9.97 Å². The molecule has 3 N–H and O–H groups in total. The molecule has 2 saturated heterocycles. The summed E-state index contributed by atoms with van der Waals surface area (Å²) in [6.07, 6.45) is 2.50. The van der Waals surface area contributed by atoms with E-state index in [0.717, 1.165) is 61.6 Å². The van der Waals surface area contributed by atoms with Crippen LogP contribution < -0.4 is 15.4 Å². The van der Waals surface area contributed by atoms with Gasteiger partial charge in [0.25, 0.3) is 5.91 Å². The van der Waals surface area contributed by atoms with E-state index in [4.69, 9.17) is 25.3 Å². The highest BCUT2D eigenvalue weighted by Gasteiger charge is 2.36. The molecular weight excluding hydrogens is 540 g/mol. The van der Waals surface area contributed by atoms with Crippen LogP contribution in [0, 0.1) is 0 Å². The number of hydrogen-bond donors (Lipinski definition) is 2. The zero-order chi connectivity index (χ0) is 29.2. The Bertz CT molecular complexity index is 1510. The van der Waals surface area contributed by atoms with Crippen molar-refractivity contribution >= 4 is 34.6 Å². The van der Waals surface area contributed by atoms with Crippen molar-refractivity contribution in [1.82, 2.24) is 19.8 Å². The molecule has 3 aliphatic heterocycles. The average Bonchev–Trinajstić information content (AvgIpc) is 3.56. The summed E-state index contributed by atoms with van der Waals surface area (Å²) in [4.78, 5) is 51.1. The number of benzene rings is 2. The van der Waals surface area contributed by atoms with Gasteiger partial charge in [-0.15, -0.1) is 0 Å². The van der Waals surface area contributed by atoms with Gasteiger partial charge in [0.05, 0.1) is 18.7 Å². The van der Waals surface area contributed by atoms with Crippen LogP contribution in [0.15, 0.2) is 42.6 Å². The molecule has 2 fully saturated rings. The molecule has 0 aliphatic carbocycles. The molecule has 3 aliphatic rings. The van der Waals surface area contributed by atoms with Crippen LogP contribution in [0.25, 0.3) is 10.9 Å². The summed E-state index contributed by atoms with van der Waals surface area (Å²) < 4.78 is 11.7. The summed E-state index contributed by atoms with van der Waals surface area (Å²) in [6, 6.07) is 10.7. The van der Waals surface area contributed by atoms with Crippen molar-refractivity contribution in [3.63, 3.8) is 0 Å². The molecule has 0 saturated carbocycles. The van der Waals surface area contributed by atoms with Gasteiger partial charge in [0.2, 0.25) is 11.9 Å². The molecule has 2 aromatic carbocycles. The number of anilines is 1. The highest BCUT2D eigenvalue weighted by molar-refractivity contribution is 6.01. The quantitative estimate of drug-likeness (QED) is 0.367. The predicted molar refractivity (Wildman–Crippen MR) is 153 cm³/mol. The number of aromatic nitrogens is 2. The maximum atomic E-state index is 12.9. The molecule has 220 valence electrons. The second kappa shape index (κ2) is 11.9. The molecule has 3 aromatic rings. The van der Waals surface area contributed by atoms with Gasteiger partial charge in [-0.1, -0.05) is 6.07 Å². The molecule has 2 amide bonds. The summed E-state index contributed by atoms with van der Waals surface area (Å²) in [7, 11) is 0. The van der Waals surface area contributed by atoms with E-state index >= 15 is 0 Å². The van der Waals surface area contributed by atoms with Gasteiger partial charge in [0.15, 0.2) is 0 Å². The number of nitrogens with two attached hydrogens (primary N) is 1. The van der Waals surface area contributed by atoms with Crippen molar-refractivity contribution in [2.45, 2.75) is 44.5 Å². The molecule has 12 nitrogen and oxygen atoms in total. The van der Waals surface area contributed by atoms with Gasteiger partial charge in [0, 0.05) is 62.8 Å². The minimum absolute atomic E-state index is 0.00469. The fourth-order valence-electron chi connectivity index (χ4n) is 5.93. The summed E-state index contributed by atoms with van der Waals surface area (Å²) in [5, 5.41) is 10.0. The maximum Gasteiger partial charge on any atom is 0.303 e. The van der Waals surface area contributed by atoms with E-state index < -0.39 is 17.9 Å². The summed E-state index contributed by atoms with van der Waals surface area (Å²) in [5.41, 5.74) is 8.84. The molecule has 6 rings (SSSR count). The minimum Gasteiger partial charge on any atom is -0.489 e. The molecule has 12 heteroatoms. The van der Waals surface area contributed by atoms with Crippen LogP contribution in [0.2, 0.25) is 0 Å². The van der Waals surface area contributed by atoms with E-state index in [1.54, 1.807) is 12.1 Å². The molecule has 1 unspecified atom stereocenters. The lowest BCUT2D eigenvalue weighted by atomic mass is 10.1. The number of morpholine rings is 1. The molecular formula is C30H34N6O6. The number of ether oxygens (including phenoxy) is 2. The van der Waals surface area contributed by atoms with Crippen molar-refractivity contribution in [1.29, 1.82) is 0 Å². The third kappa shape index (κ3) is 6.00. The van der Waals surface area contributed by atoms with Gasteiger partial charge < -0.3 is 30.1 Å². The first-order chi connectivity index (χ1) is 20.3. The smallest absolute Gasteiger partial charge is 0.303 e. The Morgan fingerprint density at radius 3 is 2.76 bits per heavy atom. The molecule has 0 radical (unpaired) electrons. The summed E-state index contributed by atoms with van der Waals surface area (Å²) >= 11 is 0. The Balaban J connectivity index is 1.05. The number of carboxylic acid groups (broad SMARTS) is 1. The SMILES string of the molecule is NC(=O)C(CCC(=O)O)N1Cc2cc(O[C@H]3CCN(Cc4ccc5nc(N6CCOCC6)ncc5c4)C3)ccc2C1=O. The van der Waals surface area contributed by atoms with Crippen molar-refractivity contribution in [3.05, 3.63) is 59.3 Å². The monoisotopic (exact) mass is 574 g/mol. The predicted octanol–water partition coefficient (Wildman–Crippen LogP) is 1.79. The van der Waals surface area contributed by atoms with Crippen LogP contribution in [-0.2, 0) is 27.4 Å². The van der Waals surface area contributed by atoms with Crippen molar-refractivity contribution in [3.8, 4) is 5.75 Å². The maximum absolute atomic E-state index is 12.9. The third-order valence-corrected chi connectivity index (χ3v) is 8.11. The number of likely N-dealkylation sites (tertiary alicyclic amines) is 1. The average molecular weight is 575 g/mol. The minimum atomic E-state index is -1.04. The number of amides is 2. The van der Waals surface area contributed by atoms with E-state index in [1.807, 2.05) is 12.3 Å². The van der Waals surface area contributed by atoms with Crippen LogP contribution in [0.4, 0.5) is 5.95 Å². The van der Waals surface area contributed by atoms with Crippen LogP contribution in [-0.4, -0.2) is 94.2 Å². The van der Waals surface area contributed by atoms with E-state index in [-0.39, 0.29) is 31.4 Å². The Hall–Kier alpha value is -4.29. The number of carbonyl (C=O) groups is 3. The Morgan fingerprint density at radius 2 is 1.98 bits per heavy atom. The number of carboxylic acids is 1. The van der Waals surface area contributed by atoms with Crippen molar-refractivity contribution < 1.29 is 29.0 Å². The normalized spacial score (nSPS) is 19.7. The van der Waals surface area contributed by atoms with Gasteiger partial charge in [-0.3, -0.25) is 19.3 Å². The molecule has 2 atom stereocenters. The zero-order valence-corrected chi connectivity index (χ0v) is 23.3. The second-order valence-electron chi connectivity index (χ2n) is 11.0. The van der Waals surface area contributed by atoms with Crippen LogP contribution in [0.5, 0.6) is 5.75 Å². The van der Waals surface area contributed by atoms with E-state index in [9.17, 15) is 14.4 Å². The van der Waals surface area contributed by atoms with Gasteiger partial charge in [-0.05, 0) is 54.3 Å². The number of aliphatic carboxylic acids is 1. The molecule has 4 heterocycles. The van der Waals surface area contributed by atoms with Gasteiger partial charge in [-0.2, -0.15) is 0 Å². The van der Waals surface area contributed by atoms with Crippen LogP contribution in [0.3, 0.4) is 0 Å². The third-order valence-electron chi connectivity index (χ3n) is 8.11. The lowest BCUT2D eigenvalue weighted by molar-refractivity contribution is -0.137. The number of hydrogen-bond acceptors (Lipinski definition) is 9. The number of carbonyl (C=O) groups excluding carboxylic acids is 2. The first-order valence-electron chi connectivity index (χ1n) is 14.3. The first kappa shape index (κ1) is 27.9. The van der Waals surface area contributed by atoms with E-state index in [2.05, 4.69) is 33.0 Å². The lowest BCUT2D eigenvalue weighted by Crippen LogP contribution is -2.45. The zero-order valence-electron chi connectivity index (χ0n) is 23.3. The Labute approximate surface area is 243 Å². The molecule has 1 aromatic heterocycles. The summed E-state index contributed by atoms with van der Waals surface area (Å²) in [5.74, 6) is -0.671. The highest BCUT2D eigenvalue weighted by atomic mass is 16.5. The summed E-state index contributed by atoms with van der Waals surface area (Å²) in [6.45, 7) is 5.64. The number of nitrogens with zero attached hydrogens (tertiary/aromatic N) is 5. The molecule has 0 spiro atoms.